The maximum atomic E-state index is 13.5. The average molecular weight is 1030 g/mol. The number of aliphatic imine (C=N–C) groups is 1. The molecule has 5 heterocycles. The summed E-state index contributed by atoms with van der Waals surface area (Å²) in [7, 11) is 2.15. The molecule has 18 heteroatoms. The smallest absolute Gasteiger partial charge is 0.318 e. The Hall–Kier alpha value is -6.40. The predicted octanol–water partition coefficient (Wildman–Crippen LogP) is 5.87. The van der Waals surface area contributed by atoms with Gasteiger partial charge in [0.05, 0.1) is 45.0 Å². The van der Waals surface area contributed by atoms with Crippen LogP contribution in [0.4, 0.5) is 11.4 Å². The number of carbonyl (C=O) groups is 4. The maximum Gasteiger partial charge on any atom is 0.318 e. The van der Waals surface area contributed by atoms with Crippen molar-refractivity contribution in [3.63, 3.8) is 0 Å². The molecule has 4 unspecified atom stereocenters. The van der Waals surface area contributed by atoms with Crippen LogP contribution in [0.3, 0.4) is 0 Å². The predicted molar refractivity (Wildman–Crippen MR) is 290 cm³/mol. The van der Waals surface area contributed by atoms with Gasteiger partial charge in [0.15, 0.2) is 0 Å². The van der Waals surface area contributed by atoms with E-state index in [4.69, 9.17) is 23.6 Å². The van der Waals surface area contributed by atoms with E-state index in [1.54, 1.807) is 18.2 Å². The summed E-state index contributed by atoms with van der Waals surface area (Å²) in [4.78, 5) is 59.9. The quantitative estimate of drug-likeness (QED) is 0.0356. The van der Waals surface area contributed by atoms with Crippen LogP contribution in [0, 0.1) is 5.92 Å². The van der Waals surface area contributed by atoms with Crippen LogP contribution in [0.5, 0.6) is 5.75 Å². The summed E-state index contributed by atoms with van der Waals surface area (Å²) in [5.41, 5.74) is 3.94. The molecule has 6 N–H and O–H groups in total. The van der Waals surface area contributed by atoms with Crippen LogP contribution < -0.4 is 36.0 Å². The number of hydrogen-bond acceptors (Lipinski definition) is 13. The number of hydrogen-bond donors (Lipinski definition) is 6. The van der Waals surface area contributed by atoms with E-state index in [9.17, 15) is 24.3 Å². The average Bonchev–Trinajstić information content (AvgIpc) is 3.74. The molecule has 75 heavy (non-hydrogen) atoms. The van der Waals surface area contributed by atoms with Crippen LogP contribution in [-0.4, -0.2) is 141 Å². The molecule has 4 amide bonds. The van der Waals surface area contributed by atoms with E-state index in [0.717, 1.165) is 99.5 Å². The van der Waals surface area contributed by atoms with Crippen molar-refractivity contribution < 1.29 is 43.2 Å². The lowest BCUT2D eigenvalue weighted by Crippen LogP contribution is -2.65. The highest BCUT2D eigenvalue weighted by Gasteiger charge is 2.48. The summed E-state index contributed by atoms with van der Waals surface area (Å²) in [6, 6.07) is 20.1. The second-order valence-corrected chi connectivity index (χ2v) is 20.2. The number of anilines is 2. The van der Waals surface area contributed by atoms with Crippen LogP contribution >= 0.6 is 0 Å². The van der Waals surface area contributed by atoms with Gasteiger partial charge in [0, 0.05) is 86.2 Å². The minimum Gasteiger partial charge on any atom is -0.494 e. The highest BCUT2D eigenvalue weighted by molar-refractivity contribution is 6.15. The molecular formula is C57H76N9O9+. The zero-order valence-corrected chi connectivity index (χ0v) is 43.7. The molecule has 0 spiro atoms. The Bertz CT molecular complexity index is 2550. The Balaban J connectivity index is 0.610. The zero-order valence-electron chi connectivity index (χ0n) is 43.7. The molecule has 5 aliphatic rings. The summed E-state index contributed by atoms with van der Waals surface area (Å²) in [6.45, 7) is 8.10. The van der Waals surface area contributed by atoms with Gasteiger partial charge in [0.1, 0.15) is 23.6 Å². The van der Waals surface area contributed by atoms with Crippen molar-refractivity contribution in [1.82, 2.24) is 30.4 Å². The van der Waals surface area contributed by atoms with E-state index in [0.29, 0.717) is 94.3 Å². The Kier molecular flexibility index (Phi) is 20.0. The number of carbonyl (C=O) groups excluding carboxylic acids is 4. The molecule has 2 fully saturated rings. The normalized spacial score (nSPS) is 20.3. The van der Waals surface area contributed by atoms with Gasteiger partial charge in [0.25, 0.3) is 17.6 Å². The number of amides is 4. The van der Waals surface area contributed by atoms with Crippen LogP contribution in [0.25, 0.3) is 0 Å². The molecule has 4 atom stereocenters. The third kappa shape index (κ3) is 15.4. The molecule has 18 nitrogen and oxygen atoms in total. The standard InChI is InChI=1S/C57H75N9O9/c1-40(59-53(69)43-12-10-13-44(38-43)64-57(25-29-65(2)30-26-57)56-62-52(63-56)42-23-27-58-28-24-42)41-17-19-45(20-18-41)75-33-9-4-3-7-31-72-34-36-74-37-35-73-32-8-5-6-16-50(67)60-48-15-11-14-46-47(48)39-66(55(46)71)49-21-22-51(68)61-54(49)70/h10-15,17-20,23,27-28,38,40,42,49,51,64,68H,3-9,16,21-22,24-26,29-37,39H2,1-2H3,(H3,59,60,61,67,69,70)/p+1. The molecule has 402 valence electrons. The molecule has 3 aromatic rings. The Morgan fingerprint density at radius 2 is 1.56 bits per heavy atom. The summed E-state index contributed by atoms with van der Waals surface area (Å²) < 4.78 is 28.1. The number of nitrogens with zero attached hydrogens (tertiary/aromatic N) is 4. The van der Waals surface area contributed by atoms with Crippen molar-refractivity contribution >= 4 is 52.9 Å². The Morgan fingerprint density at radius 1 is 0.867 bits per heavy atom. The number of piperidine rings is 2. The number of rotatable bonds is 29. The third-order valence-corrected chi connectivity index (χ3v) is 14.6. The van der Waals surface area contributed by atoms with E-state index < -0.39 is 12.3 Å². The van der Waals surface area contributed by atoms with E-state index in [-0.39, 0.29) is 47.7 Å². The summed E-state index contributed by atoms with van der Waals surface area (Å²) in [5.74, 6) is 2.12. The van der Waals surface area contributed by atoms with Gasteiger partial charge in [-0.25, -0.2) is 9.98 Å². The highest BCUT2D eigenvalue weighted by Crippen LogP contribution is 2.33. The van der Waals surface area contributed by atoms with Crippen molar-refractivity contribution in [3.8, 4) is 5.75 Å². The fraction of sp³-hybridized carbons (Fsp3) is 0.526. The van der Waals surface area contributed by atoms with Crippen LogP contribution in [0.2, 0.25) is 0 Å². The number of likely N-dealkylation sites (tertiary alicyclic amines) is 1. The van der Waals surface area contributed by atoms with Gasteiger partial charge >= 0.3 is 5.84 Å². The minimum absolute atomic E-state index is 0.121. The molecule has 5 aliphatic heterocycles. The van der Waals surface area contributed by atoms with E-state index in [1.165, 1.54) is 4.90 Å². The Morgan fingerprint density at radius 3 is 2.27 bits per heavy atom. The summed E-state index contributed by atoms with van der Waals surface area (Å²) in [6.07, 6.45) is 15.2. The number of aliphatic hydroxyl groups excluding tert-OH is 1. The fourth-order valence-corrected chi connectivity index (χ4v) is 10.0. The summed E-state index contributed by atoms with van der Waals surface area (Å²) in [5, 5.41) is 25.7. The first-order valence-corrected chi connectivity index (χ1v) is 27.0. The van der Waals surface area contributed by atoms with E-state index >= 15 is 0 Å². The largest absolute Gasteiger partial charge is 0.494 e. The highest BCUT2D eigenvalue weighted by atomic mass is 16.5. The first-order valence-electron chi connectivity index (χ1n) is 27.0. The number of nitrogens with one attached hydrogen (secondary N) is 5. The molecule has 8 rings (SSSR count). The fourth-order valence-electron chi connectivity index (χ4n) is 10.0. The summed E-state index contributed by atoms with van der Waals surface area (Å²) >= 11 is 0. The Labute approximate surface area is 440 Å². The third-order valence-electron chi connectivity index (χ3n) is 14.6. The van der Waals surface area contributed by atoms with Gasteiger partial charge in [-0.1, -0.05) is 43.2 Å². The molecule has 0 bridgehead atoms. The molecule has 0 aliphatic carbocycles. The van der Waals surface area contributed by atoms with Gasteiger partial charge in [-0.3, -0.25) is 24.2 Å². The molecular weight excluding hydrogens is 955 g/mol. The van der Waals surface area contributed by atoms with E-state index in [1.807, 2.05) is 67.9 Å². The number of benzene rings is 3. The number of amidine groups is 2. The van der Waals surface area contributed by atoms with Gasteiger partial charge in [0.2, 0.25) is 11.8 Å². The lowest BCUT2D eigenvalue weighted by molar-refractivity contribution is -0.132. The molecule has 0 radical (unpaired) electrons. The molecule has 0 saturated carbocycles. The SMILES string of the molecule is CC(NC(=O)c1cccc(NC2(C3=[N+]=C(C4C=CN=CC4)N3)CCN(C)CC2)c1)c1ccc(OCCCCCCOCCOCCOCCCCCC(=O)Nc2cccc3c2CN(C2CCC(O)NC2=O)C3=O)cc1. The number of ether oxygens (including phenoxy) is 4. The second kappa shape index (κ2) is 27.4. The number of fused-ring (bicyclic) bond motifs is 1. The van der Waals surface area contributed by atoms with Gasteiger partial charge < -0.3 is 55.1 Å². The second-order valence-electron chi connectivity index (χ2n) is 20.2. The van der Waals surface area contributed by atoms with Crippen LogP contribution in [-0.2, 0) is 30.3 Å². The first kappa shape index (κ1) is 54.8. The number of aliphatic hydroxyl groups is 1. The van der Waals surface area contributed by atoms with Crippen molar-refractivity contribution in [1.29, 1.82) is 0 Å². The molecule has 0 aromatic heterocycles. The minimum atomic E-state index is -0.890. The van der Waals surface area contributed by atoms with E-state index in [2.05, 4.69) is 49.6 Å². The monoisotopic (exact) mass is 1030 g/mol. The van der Waals surface area contributed by atoms with Crippen LogP contribution in [0.1, 0.15) is 128 Å². The van der Waals surface area contributed by atoms with Gasteiger partial charge in [-0.05, 0) is 120 Å². The number of unbranched alkanes of at least 4 members (excludes halogenated alkanes) is 5. The lowest BCUT2D eigenvalue weighted by Gasteiger charge is -2.40. The molecule has 3 aromatic carbocycles. The lowest BCUT2D eigenvalue weighted by atomic mass is 9.84. The topological polar surface area (TPSA) is 219 Å². The van der Waals surface area contributed by atoms with Crippen molar-refractivity contribution in [2.24, 2.45) is 10.9 Å². The van der Waals surface area contributed by atoms with Crippen molar-refractivity contribution in [2.75, 3.05) is 77.0 Å². The van der Waals surface area contributed by atoms with Gasteiger partial charge in [-0.15, -0.1) is 0 Å². The van der Waals surface area contributed by atoms with Crippen LogP contribution in [0.15, 0.2) is 84.0 Å². The maximum absolute atomic E-state index is 13.5. The van der Waals surface area contributed by atoms with Crippen molar-refractivity contribution in [3.05, 3.63) is 101 Å². The van der Waals surface area contributed by atoms with Gasteiger partial charge in [-0.2, -0.15) is 0 Å². The zero-order chi connectivity index (χ0) is 52.4. The molecule has 2 saturated heterocycles. The first-order chi connectivity index (χ1) is 36.5. The van der Waals surface area contributed by atoms with Crippen molar-refractivity contribution in [2.45, 2.75) is 121 Å².